The molecule has 1 saturated carbocycles. The van der Waals surface area contributed by atoms with Crippen molar-refractivity contribution < 1.29 is 24.0 Å². The molecule has 3 unspecified atom stereocenters. The first-order valence-electron chi connectivity index (χ1n) is 11.6. The SMILES string of the molecule is CC(OC(=O)C1CCCCC1C(=O)N1CCc2ccccc21)C(=O)Nc1ccc([N+](=O)[O-])cc1Cl. The van der Waals surface area contributed by atoms with E-state index in [0.29, 0.717) is 19.4 Å². The van der Waals surface area contributed by atoms with Crippen LogP contribution in [0.5, 0.6) is 0 Å². The molecule has 2 aromatic carbocycles. The second-order valence-electron chi connectivity index (χ2n) is 8.86. The van der Waals surface area contributed by atoms with Crippen molar-refractivity contribution in [1.29, 1.82) is 0 Å². The Kier molecular flexibility index (Phi) is 7.35. The highest BCUT2D eigenvalue weighted by Crippen LogP contribution is 2.36. The first-order chi connectivity index (χ1) is 16.8. The molecule has 1 aliphatic heterocycles. The Balaban J connectivity index is 1.41. The van der Waals surface area contributed by atoms with E-state index in [1.165, 1.54) is 19.1 Å². The Bertz CT molecular complexity index is 1170. The summed E-state index contributed by atoms with van der Waals surface area (Å²) in [4.78, 5) is 51.1. The number of hydrogen-bond donors (Lipinski definition) is 1. The molecule has 1 heterocycles. The van der Waals surface area contributed by atoms with E-state index in [4.69, 9.17) is 16.3 Å². The van der Waals surface area contributed by atoms with Gasteiger partial charge in [-0.2, -0.15) is 0 Å². The van der Waals surface area contributed by atoms with Crippen LogP contribution in [0.1, 0.15) is 38.2 Å². The van der Waals surface area contributed by atoms with Crippen molar-refractivity contribution in [3.63, 3.8) is 0 Å². The van der Waals surface area contributed by atoms with E-state index in [2.05, 4.69) is 5.32 Å². The van der Waals surface area contributed by atoms with Crippen LogP contribution in [0.2, 0.25) is 5.02 Å². The Morgan fingerprint density at radius 1 is 1.14 bits per heavy atom. The fourth-order valence-electron chi connectivity index (χ4n) is 4.74. The maximum atomic E-state index is 13.4. The van der Waals surface area contributed by atoms with Gasteiger partial charge in [-0.15, -0.1) is 0 Å². The van der Waals surface area contributed by atoms with Crippen molar-refractivity contribution in [1.82, 2.24) is 0 Å². The number of hydrogen-bond acceptors (Lipinski definition) is 6. The third kappa shape index (κ3) is 5.30. The molecule has 0 spiro atoms. The van der Waals surface area contributed by atoms with E-state index in [1.807, 2.05) is 24.3 Å². The fraction of sp³-hybridized carbons (Fsp3) is 0.400. The van der Waals surface area contributed by atoms with E-state index >= 15 is 0 Å². The summed E-state index contributed by atoms with van der Waals surface area (Å²) in [7, 11) is 0. The third-order valence-corrected chi connectivity index (χ3v) is 6.94. The second-order valence-corrected chi connectivity index (χ2v) is 9.26. The molecular formula is C25H26ClN3O6. The number of esters is 1. The predicted molar refractivity (Wildman–Crippen MR) is 130 cm³/mol. The Hall–Kier alpha value is -3.46. The second kappa shape index (κ2) is 10.4. The van der Waals surface area contributed by atoms with Crippen molar-refractivity contribution in [2.75, 3.05) is 16.8 Å². The Labute approximate surface area is 207 Å². The smallest absolute Gasteiger partial charge is 0.310 e. The van der Waals surface area contributed by atoms with Gasteiger partial charge in [0.1, 0.15) is 0 Å². The van der Waals surface area contributed by atoms with Gasteiger partial charge in [-0.25, -0.2) is 0 Å². The molecule has 2 aromatic rings. The molecule has 1 N–H and O–H groups in total. The number of nitro groups is 1. The number of nitro benzene ring substituents is 1. The molecule has 184 valence electrons. The normalized spacial score (nSPS) is 20.0. The zero-order valence-electron chi connectivity index (χ0n) is 19.2. The number of anilines is 2. The lowest BCUT2D eigenvalue weighted by Gasteiger charge is -2.32. The van der Waals surface area contributed by atoms with E-state index in [-0.39, 0.29) is 22.3 Å². The minimum Gasteiger partial charge on any atom is -0.452 e. The summed E-state index contributed by atoms with van der Waals surface area (Å²) in [6.45, 7) is 2.02. The number of non-ortho nitro benzene ring substituents is 1. The molecule has 1 aliphatic carbocycles. The molecular weight excluding hydrogens is 474 g/mol. The summed E-state index contributed by atoms with van der Waals surface area (Å²) in [5, 5.41) is 13.4. The summed E-state index contributed by atoms with van der Waals surface area (Å²) in [5.74, 6) is -2.40. The van der Waals surface area contributed by atoms with Crippen LogP contribution < -0.4 is 10.2 Å². The zero-order valence-corrected chi connectivity index (χ0v) is 20.0. The van der Waals surface area contributed by atoms with Crippen molar-refractivity contribution in [3.05, 3.63) is 63.2 Å². The average molecular weight is 500 g/mol. The van der Waals surface area contributed by atoms with Gasteiger partial charge in [0.05, 0.1) is 27.5 Å². The lowest BCUT2D eigenvalue weighted by molar-refractivity contribution is -0.384. The number of carbonyl (C=O) groups is 3. The number of rotatable bonds is 6. The molecule has 10 heteroatoms. The number of amides is 2. The number of halogens is 1. The highest BCUT2D eigenvalue weighted by Gasteiger charge is 2.41. The third-order valence-electron chi connectivity index (χ3n) is 6.62. The highest BCUT2D eigenvalue weighted by atomic mass is 35.5. The summed E-state index contributed by atoms with van der Waals surface area (Å²) >= 11 is 6.03. The summed E-state index contributed by atoms with van der Waals surface area (Å²) in [5.41, 5.74) is 1.97. The molecule has 3 atom stereocenters. The Morgan fingerprint density at radius 3 is 2.57 bits per heavy atom. The van der Waals surface area contributed by atoms with E-state index < -0.39 is 34.7 Å². The molecule has 0 radical (unpaired) electrons. The van der Waals surface area contributed by atoms with Crippen molar-refractivity contribution >= 4 is 46.4 Å². The lowest BCUT2D eigenvalue weighted by Crippen LogP contribution is -2.43. The fourth-order valence-corrected chi connectivity index (χ4v) is 4.97. The minimum absolute atomic E-state index is 0.00471. The van der Waals surface area contributed by atoms with E-state index in [9.17, 15) is 24.5 Å². The molecule has 35 heavy (non-hydrogen) atoms. The van der Waals surface area contributed by atoms with Crippen LogP contribution in [0.25, 0.3) is 0 Å². The van der Waals surface area contributed by atoms with Gasteiger partial charge < -0.3 is 15.0 Å². The first-order valence-corrected chi connectivity index (χ1v) is 12.0. The largest absolute Gasteiger partial charge is 0.452 e. The molecule has 1 fully saturated rings. The summed E-state index contributed by atoms with van der Waals surface area (Å²) in [6.07, 6.45) is 2.41. The molecule has 4 rings (SSSR count). The average Bonchev–Trinajstić information content (AvgIpc) is 3.28. The summed E-state index contributed by atoms with van der Waals surface area (Å²) < 4.78 is 5.47. The quantitative estimate of drug-likeness (QED) is 0.354. The van der Waals surface area contributed by atoms with Crippen molar-refractivity contribution in [2.45, 2.75) is 45.1 Å². The summed E-state index contributed by atoms with van der Waals surface area (Å²) in [6, 6.07) is 11.4. The topological polar surface area (TPSA) is 119 Å². The predicted octanol–water partition coefficient (Wildman–Crippen LogP) is 4.51. The highest BCUT2D eigenvalue weighted by molar-refractivity contribution is 6.34. The zero-order chi connectivity index (χ0) is 25.1. The molecule has 0 saturated heterocycles. The van der Waals surface area contributed by atoms with Crippen molar-refractivity contribution in [3.8, 4) is 0 Å². The number of ether oxygens (including phenoxy) is 1. The van der Waals surface area contributed by atoms with E-state index in [0.717, 1.165) is 36.6 Å². The molecule has 2 amide bonds. The van der Waals surface area contributed by atoms with Crippen LogP contribution in [0.15, 0.2) is 42.5 Å². The van der Waals surface area contributed by atoms with Crippen LogP contribution in [0, 0.1) is 22.0 Å². The monoisotopic (exact) mass is 499 g/mol. The van der Waals surface area contributed by atoms with Crippen LogP contribution >= 0.6 is 11.6 Å². The van der Waals surface area contributed by atoms with Gasteiger partial charge >= 0.3 is 5.97 Å². The molecule has 0 aromatic heterocycles. The number of nitrogens with one attached hydrogen (secondary N) is 1. The van der Waals surface area contributed by atoms with Crippen LogP contribution in [0.4, 0.5) is 17.1 Å². The maximum absolute atomic E-state index is 13.4. The van der Waals surface area contributed by atoms with Crippen LogP contribution in [-0.4, -0.2) is 35.4 Å². The maximum Gasteiger partial charge on any atom is 0.310 e. The molecule has 0 bridgehead atoms. The molecule has 9 nitrogen and oxygen atoms in total. The van der Waals surface area contributed by atoms with Gasteiger partial charge in [0.25, 0.3) is 11.6 Å². The van der Waals surface area contributed by atoms with Crippen LogP contribution in [0.3, 0.4) is 0 Å². The van der Waals surface area contributed by atoms with E-state index in [1.54, 1.807) is 4.90 Å². The van der Waals surface area contributed by atoms with Gasteiger partial charge in [-0.1, -0.05) is 42.6 Å². The number of carbonyl (C=O) groups excluding carboxylic acids is 3. The standard InChI is InChI=1S/C25H26ClN3O6/c1-15(23(30)27-21-11-10-17(29(33)34)14-20(21)26)35-25(32)19-8-4-3-7-18(19)24(31)28-13-12-16-6-2-5-9-22(16)28/h2,5-6,9-11,14-15,18-19H,3-4,7-8,12-13H2,1H3,(H,27,30). The minimum atomic E-state index is -1.14. The van der Waals surface area contributed by atoms with Gasteiger partial charge in [-0.3, -0.25) is 24.5 Å². The Morgan fingerprint density at radius 2 is 1.86 bits per heavy atom. The van der Waals surface area contributed by atoms with Crippen LogP contribution in [-0.2, 0) is 25.5 Å². The first kappa shape index (κ1) is 24.7. The number of benzene rings is 2. The molecule has 2 aliphatic rings. The number of nitrogens with zero attached hydrogens (tertiary/aromatic N) is 2. The number of fused-ring (bicyclic) bond motifs is 1. The lowest BCUT2D eigenvalue weighted by atomic mass is 9.78. The van der Waals surface area contributed by atoms with Gasteiger partial charge in [-0.05, 0) is 43.9 Å². The van der Waals surface area contributed by atoms with Gasteiger partial charge in [0.15, 0.2) is 6.10 Å². The number of para-hydroxylation sites is 1. The van der Waals surface area contributed by atoms with Gasteiger partial charge in [0.2, 0.25) is 5.91 Å². The van der Waals surface area contributed by atoms with Crippen molar-refractivity contribution in [2.24, 2.45) is 11.8 Å². The van der Waals surface area contributed by atoms with Gasteiger partial charge in [0, 0.05) is 24.4 Å².